The number of ketones is 1. The number of para-hydroxylation sites is 1. The van der Waals surface area contributed by atoms with Crippen molar-refractivity contribution in [2.24, 2.45) is 7.05 Å². The summed E-state index contributed by atoms with van der Waals surface area (Å²) in [5, 5.41) is 5.40. The van der Waals surface area contributed by atoms with E-state index in [-0.39, 0.29) is 5.78 Å². The fourth-order valence-electron chi connectivity index (χ4n) is 3.89. The molecule has 0 N–H and O–H groups in total. The van der Waals surface area contributed by atoms with Gasteiger partial charge in [0, 0.05) is 20.0 Å². The zero-order valence-electron chi connectivity index (χ0n) is 14.2. The molecule has 0 bridgehead atoms. The molecule has 4 heterocycles. The maximum Gasteiger partial charge on any atom is 0.188 e. The summed E-state index contributed by atoms with van der Waals surface area (Å²) < 4.78 is 9.26. The summed E-state index contributed by atoms with van der Waals surface area (Å²) in [7, 11) is 1.92. The molecule has 128 valence electrons. The number of benzene rings is 1. The highest BCUT2D eigenvalue weighted by atomic mass is 32.1. The minimum atomic E-state index is -0.434. The lowest BCUT2D eigenvalue weighted by atomic mass is 9.89. The number of ether oxygens (including phenoxy) is 1. The van der Waals surface area contributed by atoms with Gasteiger partial charge in [0.1, 0.15) is 11.4 Å². The van der Waals surface area contributed by atoms with Gasteiger partial charge >= 0.3 is 0 Å². The van der Waals surface area contributed by atoms with Crippen LogP contribution < -0.4 is 9.64 Å². The average molecular weight is 354 g/mol. The highest BCUT2D eigenvalue weighted by molar-refractivity contribution is 7.22. The van der Waals surface area contributed by atoms with Crippen LogP contribution in [0.1, 0.15) is 28.9 Å². The third kappa shape index (κ3) is 2.18. The number of anilines is 1. The van der Waals surface area contributed by atoms with E-state index in [9.17, 15) is 4.79 Å². The van der Waals surface area contributed by atoms with Crippen molar-refractivity contribution in [3.63, 3.8) is 0 Å². The first kappa shape index (κ1) is 14.9. The normalized spacial score (nSPS) is 22.6. The Balaban J connectivity index is 1.46. The zero-order valence-corrected chi connectivity index (χ0v) is 15.0. The molecule has 1 saturated heterocycles. The van der Waals surface area contributed by atoms with Crippen molar-refractivity contribution in [2.45, 2.75) is 25.4 Å². The summed E-state index contributed by atoms with van der Waals surface area (Å²) in [5.41, 5.74) is 2.20. The van der Waals surface area contributed by atoms with Crippen molar-refractivity contribution >= 4 is 32.6 Å². The Morgan fingerprint density at radius 2 is 2.16 bits per heavy atom. The van der Waals surface area contributed by atoms with Crippen LogP contribution in [0.2, 0.25) is 0 Å². The summed E-state index contributed by atoms with van der Waals surface area (Å²) in [4.78, 5) is 19.6. The molecule has 2 aliphatic rings. The van der Waals surface area contributed by atoms with Gasteiger partial charge in [0.15, 0.2) is 16.6 Å². The van der Waals surface area contributed by atoms with Crippen LogP contribution in [0.5, 0.6) is 5.75 Å². The predicted molar refractivity (Wildman–Crippen MR) is 96.7 cm³/mol. The van der Waals surface area contributed by atoms with Crippen LogP contribution in [0.25, 0.3) is 10.3 Å². The quantitative estimate of drug-likeness (QED) is 0.672. The Labute approximate surface area is 149 Å². The van der Waals surface area contributed by atoms with Crippen LogP contribution in [0.15, 0.2) is 24.3 Å². The van der Waals surface area contributed by atoms with Crippen molar-refractivity contribution in [1.82, 2.24) is 14.8 Å². The van der Waals surface area contributed by atoms with E-state index < -0.39 is 5.60 Å². The van der Waals surface area contributed by atoms with Crippen molar-refractivity contribution in [2.75, 3.05) is 18.0 Å². The third-order valence-electron chi connectivity index (χ3n) is 5.12. The van der Waals surface area contributed by atoms with Gasteiger partial charge in [-0.3, -0.25) is 4.79 Å². The molecule has 1 atom stereocenters. The molecular weight excluding hydrogens is 336 g/mol. The number of Topliss-reactive ketones (excluding diaryl/α,β-unsaturated/α-hetero) is 1. The molecule has 1 fully saturated rings. The number of thiazole rings is 1. The molecule has 0 unspecified atom stereocenters. The molecule has 6 nitrogen and oxygen atoms in total. The zero-order chi connectivity index (χ0) is 17.2. The summed E-state index contributed by atoms with van der Waals surface area (Å²) in [6.07, 6.45) is 1.27. The molecule has 0 radical (unpaired) electrons. The number of carbonyl (C=O) groups excluding carboxylic acids is 1. The Kier molecular flexibility index (Phi) is 3.01. The molecular formula is C18H18N4O2S. The monoisotopic (exact) mass is 354 g/mol. The number of hydrogen-bond acceptors (Lipinski definition) is 6. The summed E-state index contributed by atoms with van der Waals surface area (Å²) in [6, 6.07) is 7.54. The van der Waals surface area contributed by atoms with Gasteiger partial charge in [-0.25, -0.2) is 9.67 Å². The fourth-order valence-corrected chi connectivity index (χ4v) is 4.95. The standard InChI is InChI=1S/C18H18N4O2S/c1-11-15-16(21(2)20-11)19-17(25-15)22-8-7-18(10-22)9-13(23)12-5-3-4-6-14(12)24-18/h3-6H,7-10H2,1-2H3/t18-/m0/s1. The summed E-state index contributed by atoms with van der Waals surface area (Å²) in [5.74, 6) is 0.887. The van der Waals surface area contributed by atoms with Crippen LogP contribution in [-0.2, 0) is 7.05 Å². The van der Waals surface area contributed by atoms with E-state index in [4.69, 9.17) is 9.72 Å². The van der Waals surface area contributed by atoms with Crippen LogP contribution in [0.4, 0.5) is 5.13 Å². The molecule has 1 aromatic carbocycles. The van der Waals surface area contributed by atoms with Crippen LogP contribution in [-0.4, -0.2) is 39.2 Å². The highest BCUT2D eigenvalue weighted by Gasteiger charge is 2.46. The van der Waals surface area contributed by atoms with Gasteiger partial charge in [0.25, 0.3) is 0 Å². The molecule has 3 aromatic rings. The molecule has 0 amide bonds. The van der Waals surface area contributed by atoms with Crippen LogP contribution in [0.3, 0.4) is 0 Å². The second-order valence-electron chi connectivity index (χ2n) is 6.91. The lowest BCUT2D eigenvalue weighted by Crippen LogP contribution is -2.44. The second-order valence-corrected chi connectivity index (χ2v) is 7.89. The first-order valence-electron chi connectivity index (χ1n) is 8.41. The number of rotatable bonds is 1. The number of fused-ring (bicyclic) bond motifs is 2. The molecule has 0 saturated carbocycles. The number of nitrogens with zero attached hydrogens (tertiary/aromatic N) is 4. The molecule has 1 spiro atoms. The highest BCUT2D eigenvalue weighted by Crippen LogP contribution is 2.41. The largest absolute Gasteiger partial charge is 0.484 e. The van der Waals surface area contributed by atoms with E-state index in [0.29, 0.717) is 24.3 Å². The Hall–Kier alpha value is -2.41. The molecule has 2 aliphatic heterocycles. The Morgan fingerprint density at radius 3 is 3.00 bits per heavy atom. The molecule has 0 aliphatic carbocycles. The van der Waals surface area contributed by atoms with Crippen molar-refractivity contribution in [3.05, 3.63) is 35.5 Å². The van der Waals surface area contributed by atoms with E-state index in [0.717, 1.165) is 34.1 Å². The predicted octanol–water partition coefficient (Wildman–Crippen LogP) is 2.95. The van der Waals surface area contributed by atoms with Gasteiger partial charge in [0.05, 0.1) is 28.9 Å². The summed E-state index contributed by atoms with van der Waals surface area (Å²) >= 11 is 1.67. The van der Waals surface area contributed by atoms with Gasteiger partial charge in [-0.15, -0.1) is 0 Å². The van der Waals surface area contributed by atoms with Gasteiger partial charge < -0.3 is 9.64 Å². The van der Waals surface area contributed by atoms with Crippen LogP contribution in [0, 0.1) is 6.92 Å². The maximum absolute atomic E-state index is 12.6. The number of aromatic nitrogens is 3. The van der Waals surface area contributed by atoms with E-state index in [1.165, 1.54) is 0 Å². The van der Waals surface area contributed by atoms with Gasteiger partial charge in [-0.1, -0.05) is 23.5 Å². The third-order valence-corrected chi connectivity index (χ3v) is 6.33. The maximum atomic E-state index is 12.6. The minimum Gasteiger partial charge on any atom is -0.484 e. The topological polar surface area (TPSA) is 60.2 Å². The Bertz CT molecular complexity index is 973. The molecule has 25 heavy (non-hydrogen) atoms. The molecule has 2 aromatic heterocycles. The van der Waals surface area contributed by atoms with Gasteiger partial charge in [0.2, 0.25) is 0 Å². The first-order valence-corrected chi connectivity index (χ1v) is 9.23. The lowest BCUT2D eigenvalue weighted by Gasteiger charge is -2.34. The first-order chi connectivity index (χ1) is 12.0. The van der Waals surface area contributed by atoms with Crippen molar-refractivity contribution < 1.29 is 9.53 Å². The van der Waals surface area contributed by atoms with Crippen molar-refractivity contribution in [3.8, 4) is 5.75 Å². The van der Waals surface area contributed by atoms with E-state index in [2.05, 4.69) is 10.00 Å². The van der Waals surface area contributed by atoms with E-state index in [1.807, 2.05) is 42.9 Å². The smallest absolute Gasteiger partial charge is 0.188 e. The number of hydrogen-bond donors (Lipinski definition) is 0. The Morgan fingerprint density at radius 1 is 1.32 bits per heavy atom. The molecule has 5 rings (SSSR count). The second kappa shape index (κ2) is 5.05. The number of carbonyl (C=O) groups is 1. The van der Waals surface area contributed by atoms with E-state index in [1.54, 1.807) is 11.3 Å². The van der Waals surface area contributed by atoms with Crippen LogP contribution >= 0.6 is 11.3 Å². The average Bonchev–Trinajstić information content (AvgIpc) is 3.25. The molecule has 7 heteroatoms. The number of aryl methyl sites for hydroxylation is 2. The minimum absolute atomic E-state index is 0.174. The van der Waals surface area contributed by atoms with Gasteiger partial charge in [-0.05, 0) is 19.1 Å². The SMILES string of the molecule is Cc1nn(C)c2nc(N3CC[C@]4(CC(=O)c5ccccc5O4)C3)sc12. The fraction of sp³-hybridized carbons (Fsp3) is 0.389. The van der Waals surface area contributed by atoms with E-state index >= 15 is 0 Å². The summed E-state index contributed by atoms with van der Waals surface area (Å²) in [6.45, 7) is 3.55. The van der Waals surface area contributed by atoms with Crippen molar-refractivity contribution in [1.29, 1.82) is 0 Å². The van der Waals surface area contributed by atoms with Gasteiger partial charge in [-0.2, -0.15) is 5.10 Å². The lowest BCUT2D eigenvalue weighted by molar-refractivity contribution is 0.0538.